The molecule has 33 heavy (non-hydrogen) atoms. The van der Waals surface area contributed by atoms with Crippen LogP contribution in [-0.4, -0.2) is 34.6 Å². The first kappa shape index (κ1) is 22.7. The zero-order valence-electron chi connectivity index (χ0n) is 18.2. The predicted octanol–water partition coefficient (Wildman–Crippen LogP) is 5.89. The van der Waals surface area contributed by atoms with Gasteiger partial charge < -0.3 is 10.0 Å². The van der Waals surface area contributed by atoms with Crippen molar-refractivity contribution < 1.29 is 9.32 Å². The van der Waals surface area contributed by atoms with Gasteiger partial charge in [-0.3, -0.25) is 0 Å². The van der Waals surface area contributed by atoms with Crippen molar-refractivity contribution in [2.24, 2.45) is 4.36 Å². The topological polar surface area (TPSA) is 64.9 Å². The maximum absolute atomic E-state index is 13.7. The summed E-state index contributed by atoms with van der Waals surface area (Å²) in [7, 11) is -1.35. The van der Waals surface area contributed by atoms with Gasteiger partial charge in [0, 0.05) is 27.9 Å². The second kappa shape index (κ2) is 9.31. The molecule has 5 rings (SSSR count). The Kier molecular flexibility index (Phi) is 6.42. The molecule has 1 fully saturated rings. The molecule has 2 N–H and O–H groups in total. The van der Waals surface area contributed by atoms with Crippen molar-refractivity contribution in [3.05, 3.63) is 77.8 Å². The number of nitrogens with one attached hydrogen (secondary N) is 1. The maximum atomic E-state index is 13.7. The van der Waals surface area contributed by atoms with Crippen molar-refractivity contribution in [1.29, 1.82) is 0 Å². The van der Waals surface area contributed by atoms with Crippen LogP contribution in [0.3, 0.4) is 0 Å². The number of anilines is 2. The standard InChI is InChI=1S/C25H26ClN3O2S2/c1-27-33(31,18-15-13-17(26)14-16-18)28-19-7-6-10-22(25(19)30)29-20-8-2-4-11-23(20)32-24-12-5-3-9-21(24)29/h2-5,8-9,11-16,19,22,25,30H,6-7,10H2,1H3,(H,27,28,31). The third-order valence-corrected chi connectivity index (χ3v) is 9.75. The van der Waals surface area contributed by atoms with E-state index in [9.17, 15) is 9.32 Å². The summed E-state index contributed by atoms with van der Waals surface area (Å²) in [6, 6.07) is 23.0. The van der Waals surface area contributed by atoms with Gasteiger partial charge in [-0.05, 0) is 67.8 Å². The van der Waals surface area contributed by atoms with Crippen molar-refractivity contribution in [3.8, 4) is 0 Å². The quantitative estimate of drug-likeness (QED) is 0.470. The van der Waals surface area contributed by atoms with Crippen LogP contribution in [0.4, 0.5) is 11.4 Å². The van der Waals surface area contributed by atoms with E-state index in [4.69, 9.17) is 11.6 Å². The maximum Gasteiger partial charge on any atom is 0.137 e. The lowest BCUT2D eigenvalue weighted by Crippen LogP contribution is -2.56. The molecule has 172 valence electrons. The number of rotatable bonds is 4. The number of halogens is 1. The van der Waals surface area contributed by atoms with Crippen molar-refractivity contribution >= 4 is 44.7 Å². The largest absolute Gasteiger partial charge is 0.389 e. The van der Waals surface area contributed by atoms with E-state index in [1.54, 1.807) is 43.1 Å². The molecule has 1 aliphatic carbocycles. The Morgan fingerprint density at radius 1 is 1.00 bits per heavy atom. The second-order valence-electron chi connectivity index (χ2n) is 8.28. The predicted molar refractivity (Wildman–Crippen MR) is 136 cm³/mol. The highest BCUT2D eigenvalue weighted by molar-refractivity contribution is 7.99. The normalized spacial score (nSPS) is 23.8. The van der Waals surface area contributed by atoms with Crippen LogP contribution >= 0.6 is 23.4 Å². The fourth-order valence-corrected chi connectivity index (χ4v) is 7.53. The van der Waals surface area contributed by atoms with Gasteiger partial charge in [0.1, 0.15) is 9.92 Å². The fraction of sp³-hybridized carbons (Fsp3) is 0.280. The van der Waals surface area contributed by atoms with E-state index < -0.39 is 16.0 Å². The van der Waals surface area contributed by atoms with Gasteiger partial charge in [0.2, 0.25) is 0 Å². The Bertz CT molecular complexity index is 1230. The van der Waals surface area contributed by atoms with E-state index in [-0.39, 0.29) is 12.1 Å². The summed E-state index contributed by atoms with van der Waals surface area (Å²) >= 11 is 7.77. The van der Waals surface area contributed by atoms with Crippen LogP contribution in [0, 0.1) is 0 Å². The minimum atomic E-state index is -2.90. The number of aliphatic hydroxyl groups is 1. The minimum absolute atomic E-state index is 0.148. The van der Waals surface area contributed by atoms with E-state index in [0.717, 1.165) is 30.6 Å². The number of hydrogen-bond acceptors (Lipinski definition) is 5. The molecule has 0 saturated heterocycles. The highest BCUT2D eigenvalue weighted by Gasteiger charge is 2.40. The molecule has 0 amide bonds. The summed E-state index contributed by atoms with van der Waals surface area (Å²) in [5.74, 6) is 0. The van der Waals surface area contributed by atoms with Gasteiger partial charge in [0.05, 0.1) is 28.4 Å². The molecule has 3 aromatic carbocycles. The summed E-state index contributed by atoms with van der Waals surface area (Å²) in [6.45, 7) is 0. The van der Waals surface area contributed by atoms with Crippen molar-refractivity contribution in [3.63, 3.8) is 0 Å². The van der Waals surface area contributed by atoms with Crippen LogP contribution < -0.4 is 9.62 Å². The smallest absolute Gasteiger partial charge is 0.137 e. The summed E-state index contributed by atoms with van der Waals surface area (Å²) in [4.78, 5) is 5.18. The van der Waals surface area contributed by atoms with Crippen LogP contribution in [0.15, 0.2) is 91.8 Å². The molecule has 8 heteroatoms. The lowest BCUT2D eigenvalue weighted by Gasteiger charge is -2.45. The summed E-state index contributed by atoms with van der Waals surface area (Å²) in [6.07, 6.45) is 1.76. The van der Waals surface area contributed by atoms with Crippen molar-refractivity contribution in [2.75, 3.05) is 11.9 Å². The number of aliphatic hydroxyl groups excluding tert-OH is 1. The molecule has 1 aliphatic heterocycles. The summed E-state index contributed by atoms with van der Waals surface area (Å²) in [5.41, 5.74) is 2.20. The average Bonchev–Trinajstić information content (AvgIpc) is 2.84. The van der Waals surface area contributed by atoms with E-state index in [1.165, 1.54) is 9.79 Å². The molecule has 4 unspecified atom stereocenters. The molecular formula is C25H26ClN3O2S2. The zero-order chi connectivity index (χ0) is 23.0. The van der Waals surface area contributed by atoms with Crippen molar-refractivity contribution in [1.82, 2.24) is 4.72 Å². The lowest BCUT2D eigenvalue weighted by atomic mass is 9.87. The molecule has 1 heterocycles. The van der Waals surface area contributed by atoms with E-state index in [0.29, 0.717) is 9.92 Å². The van der Waals surface area contributed by atoms with Gasteiger partial charge in [0.15, 0.2) is 0 Å². The molecule has 1 saturated carbocycles. The molecule has 5 nitrogen and oxygen atoms in total. The van der Waals surface area contributed by atoms with Gasteiger partial charge in [0.25, 0.3) is 0 Å². The number of nitrogens with zero attached hydrogens (tertiary/aromatic N) is 2. The second-order valence-corrected chi connectivity index (χ2v) is 11.9. The molecule has 0 aromatic heterocycles. The number of para-hydroxylation sites is 2. The average molecular weight is 500 g/mol. The highest BCUT2D eigenvalue weighted by Crippen LogP contribution is 2.50. The number of hydrogen-bond donors (Lipinski definition) is 2. The van der Waals surface area contributed by atoms with E-state index in [2.05, 4.69) is 38.3 Å². The van der Waals surface area contributed by atoms with Gasteiger partial charge in [-0.15, -0.1) is 0 Å². The van der Waals surface area contributed by atoms with Gasteiger partial charge >= 0.3 is 0 Å². The number of benzene rings is 3. The van der Waals surface area contributed by atoms with E-state index >= 15 is 0 Å². The Morgan fingerprint density at radius 2 is 1.61 bits per heavy atom. The third kappa shape index (κ3) is 4.29. The molecular weight excluding hydrogens is 474 g/mol. The Morgan fingerprint density at radius 3 is 2.21 bits per heavy atom. The molecule has 0 radical (unpaired) electrons. The first-order valence-electron chi connectivity index (χ1n) is 11.0. The van der Waals surface area contributed by atoms with Gasteiger partial charge in [-0.1, -0.05) is 47.6 Å². The Labute approximate surface area is 204 Å². The van der Waals surface area contributed by atoms with Gasteiger partial charge in [-0.2, -0.15) is 0 Å². The summed E-state index contributed by atoms with van der Waals surface area (Å²) < 4.78 is 21.1. The third-order valence-electron chi connectivity index (χ3n) is 6.32. The molecule has 4 atom stereocenters. The molecule has 3 aromatic rings. The lowest BCUT2D eigenvalue weighted by molar-refractivity contribution is 0.0813. The van der Waals surface area contributed by atoms with Crippen LogP contribution in [0.1, 0.15) is 19.3 Å². The Balaban J connectivity index is 1.48. The molecule has 0 bridgehead atoms. The Hall–Kier alpha value is -2.03. The molecule has 2 aliphatic rings. The van der Waals surface area contributed by atoms with Crippen LogP contribution in [0.25, 0.3) is 0 Å². The SMILES string of the molecule is CN=S(=O)(NC1CCCC(N2c3ccccc3Sc3ccccc32)C1O)c1ccc(Cl)cc1. The van der Waals surface area contributed by atoms with Crippen LogP contribution in [-0.2, 0) is 9.92 Å². The number of fused-ring (bicyclic) bond motifs is 2. The monoisotopic (exact) mass is 499 g/mol. The molecule has 0 spiro atoms. The zero-order valence-corrected chi connectivity index (χ0v) is 20.6. The van der Waals surface area contributed by atoms with Gasteiger partial charge in [-0.25, -0.2) is 13.3 Å². The first-order valence-corrected chi connectivity index (χ1v) is 13.7. The minimum Gasteiger partial charge on any atom is -0.389 e. The van der Waals surface area contributed by atoms with Crippen molar-refractivity contribution in [2.45, 2.75) is 52.1 Å². The van der Waals surface area contributed by atoms with E-state index in [1.807, 2.05) is 24.3 Å². The summed E-state index contributed by atoms with van der Waals surface area (Å²) in [5, 5.41) is 12.2. The first-order chi connectivity index (χ1) is 16.0. The van der Waals surface area contributed by atoms with Crippen LogP contribution in [0.2, 0.25) is 5.02 Å². The highest BCUT2D eigenvalue weighted by atomic mass is 35.5. The fourth-order valence-electron chi connectivity index (χ4n) is 4.71. The van der Waals surface area contributed by atoms with Crippen LogP contribution in [0.5, 0.6) is 0 Å².